The first kappa shape index (κ1) is 16.0. The van der Waals surface area contributed by atoms with E-state index in [4.69, 9.17) is 9.47 Å². The van der Waals surface area contributed by atoms with Crippen molar-refractivity contribution in [1.29, 1.82) is 0 Å². The maximum atomic E-state index is 12.3. The summed E-state index contributed by atoms with van der Waals surface area (Å²) in [6.07, 6.45) is 8.00. The lowest BCUT2D eigenvalue weighted by Crippen LogP contribution is -2.40. The Hall–Kier alpha value is -2.50. The molecule has 1 amide bonds. The Bertz CT molecular complexity index is 736. The minimum atomic E-state index is -0.0182. The lowest BCUT2D eigenvalue weighted by atomic mass is 9.78. The van der Waals surface area contributed by atoms with Crippen LogP contribution in [0.15, 0.2) is 36.7 Å². The molecule has 0 radical (unpaired) electrons. The maximum Gasteiger partial charge on any atom is 0.241 e. The predicted molar refractivity (Wildman–Crippen MR) is 92.8 cm³/mol. The topological polar surface area (TPSA) is 65.4 Å². The summed E-state index contributed by atoms with van der Waals surface area (Å²) in [5.74, 6) is 1.62. The van der Waals surface area contributed by atoms with E-state index in [1.165, 1.54) is 18.4 Å². The number of carbonyl (C=O) groups is 1. The highest BCUT2D eigenvalue weighted by Gasteiger charge is 2.36. The van der Waals surface area contributed by atoms with E-state index in [1.807, 2.05) is 12.1 Å². The Morgan fingerprint density at radius 2 is 2.00 bits per heavy atom. The Morgan fingerprint density at radius 3 is 2.76 bits per heavy atom. The molecule has 1 aliphatic carbocycles. The van der Waals surface area contributed by atoms with Gasteiger partial charge in [0.1, 0.15) is 19.8 Å². The fourth-order valence-corrected chi connectivity index (χ4v) is 3.86. The van der Waals surface area contributed by atoms with E-state index in [-0.39, 0.29) is 17.9 Å². The average molecular weight is 341 g/mol. The number of nitrogens with zero attached hydrogens (tertiary/aromatic N) is 2. The van der Waals surface area contributed by atoms with Crippen LogP contribution in [-0.4, -0.2) is 35.4 Å². The summed E-state index contributed by atoms with van der Waals surface area (Å²) >= 11 is 0. The average Bonchev–Trinajstić information content (AvgIpc) is 3.32. The molecule has 1 aromatic carbocycles. The SMILES string of the molecule is O=C(Cn1cccn1)NCC1(c2ccc3c(c2)OCCO3)CCCC1. The number of ether oxygens (including phenoxy) is 2. The maximum absolute atomic E-state index is 12.3. The van der Waals surface area contributed by atoms with Gasteiger partial charge >= 0.3 is 0 Å². The van der Waals surface area contributed by atoms with Crippen molar-refractivity contribution in [2.45, 2.75) is 37.6 Å². The smallest absolute Gasteiger partial charge is 0.241 e. The first-order valence-electron chi connectivity index (χ1n) is 8.89. The summed E-state index contributed by atoms with van der Waals surface area (Å²) in [6.45, 7) is 2.09. The van der Waals surface area contributed by atoms with Gasteiger partial charge in [-0.25, -0.2) is 0 Å². The molecule has 1 aromatic heterocycles. The van der Waals surface area contributed by atoms with Crippen molar-refractivity contribution in [3.63, 3.8) is 0 Å². The van der Waals surface area contributed by atoms with Crippen LogP contribution in [0.1, 0.15) is 31.2 Å². The molecule has 25 heavy (non-hydrogen) atoms. The van der Waals surface area contributed by atoms with Crippen molar-refractivity contribution in [2.24, 2.45) is 0 Å². The van der Waals surface area contributed by atoms with E-state index < -0.39 is 0 Å². The van der Waals surface area contributed by atoms with E-state index in [2.05, 4.69) is 22.5 Å². The van der Waals surface area contributed by atoms with Crippen molar-refractivity contribution in [2.75, 3.05) is 19.8 Å². The van der Waals surface area contributed by atoms with Crippen LogP contribution in [0.5, 0.6) is 11.5 Å². The van der Waals surface area contributed by atoms with Gasteiger partial charge in [0.2, 0.25) is 5.91 Å². The lowest BCUT2D eigenvalue weighted by Gasteiger charge is -2.31. The molecule has 0 bridgehead atoms. The standard InChI is InChI=1S/C19H23N3O3/c23-18(13-22-9-3-8-21-22)20-14-19(6-1-2-7-19)15-4-5-16-17(12-15)25-11-10-24-16/h3-5,8-9,12H,1-2,6-7,10-11,13-14H2,(H,20,23). The molecule has 1 N–H and O–H groups in total. The molecule has 2 aromatic rings. The summed E-state index contributed by atoms with van der Waals surface area (Å²) in [5, 5.41) is 7.20. The predicted octanol–water partition coefficient (Wildman–Crippen LogP) is 2.28. The van der Waals surface area contributed by atoms with Gasteiger partial charge in [-0.15, -0.1) is 0 Å². The first-order chi connectivity index (χ1) is 12.3. The summed E-state index contributed by atoms with van der Waals surface area (Å²) in [7, 11) is 0. The molecule has 1 saturated carbocycles. The largest absolute Gasteiger partial charge is 0.486 e. The number of aromatic nitrogens is 2. The number of hydrogen-bond acceptors (Lipinski definition) is 4. The van der Waals surface area contributed by atoms with Crippen LogP contribution < -0.4 is 14.8 Å². The minimum Gasteiger partial charge on any atom is -0.486 e. The zero-order valence-electron chi connectivity index (χ0n) is 14.2. The van der Waals surface area contributed by atoms with Gasteiger partial charge in [0.15, 0.2) is 11.5 Å². The molecule has 1 aliphatic heterocycles. The molecule has 4 rings (SSSR count). The van der Waals surface area contributed by atoms with E-state index in [1.54, 1.807) is 17.1 Å². The number of hydrogen-bond donors (Lipinski definition) is 1. The molecule has 0 atom stereocenters. The number of benzene rings is 1. The Balaban J connectivity index is 1.49. The molecular weight excluding hydrogens is 318 g/mol. The van der Waals surface area contributed by atoms with Crippen molar-refractivity contribution >= 4 is 5.91 Å². The molecule has 1 fully saturated rings. The third-order valence-corrected chi connectivity index (χ3v) is 5.20. The monoisotopic (exact) mass is 341 g/mol. The number of fused-ring (bicyclic) bond motifs is 1. The van der Waals surface area contributed by atoms with Crippen LogP contribution in [0, 0.1) is 0 Å². The van der Waals surface area contributed by atoms with E-state index in [0.717, 1.165) is 24.3 Å². The van der Waals surface area contributed by atoms with Crippen molar-refractivity contribution in [3.05, 3.63) is 42.2 Å². The highest BCUT2D eigenvalue weighted by Crippen LogP contribution is 2.43. The highest BCUT2D eigenvalue weighted by atomic mass is 16.6. The zero-order chi connectivity index (χ0) is 17.1. The van der Waals surface area contributed by atoms with Crippen molar-refractivity contribution in [1.82, 2.24) is 15.1 Å². The summed E-state index contributed by atoms with van der Waals surface area (Å²) in [6, 6.07) is 8.04. The fourth-order valence-electron chi connectivity index (χ4n) is 3.86. The van der Waals surface area contributed by atoms with Gasteiger partial charge < -0.3 is 14.8 Å². The molecular formula is C19H23N3O3. The highest BCUT2D eigenvalue weighted by molar-refractivity contribution is 5.75. The van der Waals surface area contributed by atoms with Crippen LogP contribution in [0.3, 0.4) is 0 Å². The number of rotatable bonds is 5. The summed E-state index contributed by atoms with van der Waals surface area (Å²) in [5.41, 5.74) is 1.21. The molecule has 0 saturated heterocycles. The van der Waals surface area contributed by atoms with Crippen LogP contribution in [0.25, 0.3) is 0 Å². The van der Waals surface area contributed by atoms with Crippen LogP contribution in [0.2, 0.25) is 0 Å². The van der Waals surface area contributed by atoms with E-state index in [9.17, 15) is 4.79 Å². The molecule has 6 heteroatoms. The third-order valence-electron chi connectivity index (χ3n) is 5.20. The van der Waals surface area contributed by atoms with Crippen molar-refractivity contribution < 1.29 is 14.3 Å². The van der Waals surface area contributed by atoms with Crippen LogP contribution in [-0.2, 0) is 16.8 Å². The van der Waals surface area contributed by atoms with Crippen molar-refractivity contribution in [3.8, 4) is 11.5 Å². The van der Waals surface area contributed by atoms with Crippen LogP contribution >= 0.6 is 0 Å². The van der Waals surface area contributed by atoms with Crippen LogP contribution in [0.4, 0.5) is 0 Å². The van der Waals surface area contributed by atoms with Gasteiger partial charge in [-0.1, -0.05) is 18.9 Å². The lowest BCUT2D eigenvalue weighted by molar-refractivity contribution is -0.122. The van der Waals surface area contributed by atoms with Gasteiger partial charge in [-0.2, -0.15) is 5.10 Å². The summed E-state index contributed by atoms with van der Waals surface area (Å²) in [4.78, 5) is 12.3. The number of carbonyl (C=O) groups excluding carboxylic acids is 1. The Kier molecular flexibility index (Phi) is 4.34. The van der Waals surface area contributed by atoms with E-state index >= 15 is 0 Å². The second kappa shape index (κ2) is 6.78. The second-order valence-corrected chi connectivity index (χ2v) is 6.83. The first-order valence-corrected chi connectivity index (χ1v) is 8.89. The van der Waals surface area contributed by atoms with Gasteiger partial charge in [0, 0.05) is 24.4 Å². The van der Waals surface area contributed by atoms with E-state index in [0.29, 0.717) is 19.8 Å². The summed E-state index contributed by atoms with van der Waals surface area (Å²) < 4.78 is 13.0. The quantitative estimate of drug-likeness (QED) is 0.906. The molecule has 2 aliphatic rings. The molecule has 0 unspecified atom stereocenters. The van der Waals surface area contributed by atoms with Gasteiger partial charge in [-0.05, 0) is 36.6 Å². The third kappa shape index (κ3) is 3.34. The number of nitrogens with one attached hydrogen (secondary N) is 1. The molecule has 2 heterocycles. The van der Waals surface area contributed by atoms with Gasteiger partial charge in [-0.3, -0.25) is 9.48 Å². The molecule has 6 nitrogen and oxygen atoms in total. The van der Waals surface area contributed by atoms with Gasteiger partial charge in [0.25, 0.3) is 0 Å². The number of amides is 1. The fraction of sp³-hybridized carbons (Fsp3) is 0.474. The molecule has 132 valence electrons. The normalized spacial score (nSPS) is 18.1. The molecule has 0 spiro atoms. The zero-order valence-corrected chi connectivity index (χ0v) is 14.2. The minimum absolute atomic E-state index is 0.00693. The van der Waals surface area contributed by atoms with Gasteiger partial charge in [0.05, 0.1) is 0 Å². The Labute approximate surface area is 147 Å². The second-order valence-electron chi connectivity index (χ2n) is 6.83. The Morgan fingerprint density at radius 1 is 1.20 bits per heavy atom.